The van der Waals surface area contributed by atoms with Gasteiger partial charge in [-0.2, -0.15) is 0 Å². The third kappa shape index (κ3) is 2.39. The van der Waals surface area contributed by atoms with Crippen molar-refractivity contribution in [1.82, 2.24) is 0 Å². The Kier molecular flexibility index (Phi) is 3.69. The predicted octanol–water partition coefficient (Wildman–Crippen LogP) is 3.48. The van der Waals surface area contributed by atoms with Crippen LogP contribution in [0.3, 0.4) is 0 Å². The van der Waals surface area contributed by atoms with Crippen LogP contribution in [0.2, 0.25) is 0 Å². The standard InChI is InChI=1S/C16H11IO5/c1-21-9-4-2-8(3-5-9)12-6-10(18)14-13(22-12)7-11(19)15(17)16(14)20/h2-7,19-20H,1H3. The molecular weight excluding hydrogens is 399 g/mol. The zero-order valence-corrected chi connectivity index (χ0v) is 13.6. The van der Waals surface area contributed by atoms with E-state index in [1.165, 1.54) is 12.1 Å². The lowest BCUT2D eigenvalue weighted by molar-refractivity contribution is 0.415. The highest BCUT2D eigenvalue weighted by atomic mass is 127. The first-order valence-electron chi connectivity index (χ1n) is 6.34. The van der Waals surface area contributed by atoms with Crippen molar-refractivity contribution < 1.29 is 19.4 Å². The lowest BCUT2D eigenvalue weighted by Crippen LogP contribution is -2.01. The topological polar surface area (TPSA) is 79.9 Å². The first-order valence-corrected chi connectivity index (χ1v) is 7.42. The highest BCUT2D eigenvalue weighted by Gasteiger charge is 2.16. The molecule has 2 N–H and O–H groups in total. The van der Waals surface area contributed by atoms with Gasteiger partial charge in [-0.05, 0) is 46.9 Å². The smallest absolute Gasteiger partial charge is 0.197 e. The number of methoxy groups -OCH3 is 1. The van der Waals surface area contributed by atoms with Gasteiger partial charge in [0, 0.05) is 17.7 Å². The molecule has 0 saturated carbocycles. The van der Waals surface area contributed by atoms with Crippen molar-refractivity contribution in [3.05, 3.63) is 50.2 Å². The van der Waals surface area contributed by atoms with Crippen LogP contribution in [0.1, 0.15) is 0 Å². The van der Waals surface area contributed by atoms with E-state index in [0.717, 1.165) is 0 Å². The molecule has 6 heteroatoms. The summed E-state index contributed by atoms with van der Waals surface area (Å²) in [7, 11) is 1.57. The van der Waals surface area contributed by atoms with Gasteiger partial charge in [0.2, 0.25) is 0 Å². The number of fused-ring (bicyclic) bond motifs is 1. The van der Waals surface area contributed by atoms with Gasteiger partial charge >= 0.3 is 0 Å². The monoisotopic (exact) mass is 410 g/mol. The van der Waals surface area contributed by atoms with Crippen molar-refractivity contribution in [3.63, 3.8) is 0 Å². The van der Waals surface area contributed by atoms with E-state index in [4.69, 9.17) is 9.15 Å². The van der Waals surface area contributed by atoms with Crippen molar-refractivity contribution >= 4 is 33.6 Å². The highest BCUT2D eigenvalue weighted by molar-refractivity contribution is 14.1. The Hall–Kier alpha value is -2.22. The Morgan fingerprint density at radius 3 is 2.45 bits per heavy atom. The highest BCUT2D eigenvalue weighted by Crippen LogP contribution is 2.36. The molecule has 0 aliphatic rings. The molecule has 0 aliphatic heterocycles. The fourth-order valence-electron chi connectivity index (χ4n) is 2.16. The summed E-state index contributed by atoms with van der Waals surface area (Å²) in [5.41, 5.74) is 0.452. The Morgan fingerprint density at radius 2 is 1.82 bits per heavy atom. The van der Waals surface area contributed by atoms with Crippen LogP contribution in [0.25, 0.3) is 22.3 Å². The molecule has 0 bridgehead atoms. The number of benzene rings is 2. The number of aromatic hydroxyl groups is 2. The van der Waals surface area contributed by atoms with Crippen molar-refractivity contribution in [3.8, 4) is 28.6 Å². The number of halogens is 1. The Morgan fingerprint density at radius 1 is 1.14 bits per heavy atom. The minimum absolute atomic E-state index is 0.0551. The molecule has 1 heterocycles. The van der Waals surface area contributed by atoms with Gasteiger partial charge in [0.05, 0.1) is 10.7 Å². The Bertz CT molecular complexity index is 912. The lowest BCUT2D eigenvalue weighted by Gasteiger charge is -2.07. The molecule has 0 radical (unpaired) electrons. The second-order valence-corrected chi connectivity index (χ2v) is 5.71. The van der Waals surface area contributed by atoms with Crippen LogP contribution >= 0.6 is 22.6 Å². The molecule has 0 fully saturated rings. The summed E-state index contributed by atoms with van der Waals surface area (Å²) in [5, 5.41) is 19.8. The molecule has 0 spiro atoms. The second-order valence-electron chi connectivity index (χ2n) is 4.63. The predicted molar refractivity (Wildman–Crippen MR) is 90.5 cm³/mol. The molecule has 5 nitrogen and oxygen atoms in total. The summed E-state index contributed by atoms with van der Waals surface area (Å²) in [6, 6.07) is 9.66. The second kappa shape index (κ2) is 5.53. The van der Waals surface area contributed by atoms with Gasteiger partial charge in [0.1, 0.15) is 34.0 Å². The summed E-state index contributed by atoms with van der Waals surface area (Å²) in [6.07, 6.45) is 0. The number of hydrogen-bond acceptors (Lipinski definition) is 5. The molecule has 3 aromatic rings. The molecule has 0 atom stereocenters. The zero-order valence-electron chi connectivity index (χ0n) is 11.5. The van der Waals surface area contributed by atoms with Crippen LogP contribution in [0.5, 0.6) is 17.2 Å². The maximum Gasteiger partial charge on any atom is 0.197 e. The van der Waals surface area contributed by atoms with Gasteiger partial charge in [-0.1, -0.05) is 0 Å². The summed E-state index contributed by atoms with van der Waals surface area (Å²) in [6.45, 7) is 0. The fourth-order valence-corrected chi connectivity index (χ4v) is 2.59. The van der Waals surface area contributed by atoms with Crippen LogP contribution < -0.4 is 10.2 Å². The van der Waals surface area contributed by atoms with Gasteiger partial charge < -0.3 is 19.4 Å². The third-order valence-electron chi connectivity index (χ3n) is 3.29. The van der Waals surface area contributed by atoms with Crippen molar-refractivity contribution in [2.45, 2.75) is 0 Å². The van der Waals surface area contributed by atoms with Gasteiger partial charge in [-0.3, -0.25) is 4.79 Å². The molecule has 0 unspecified atom stereocenters. The van der Waals surface area contributed by atoms with E-state index in [2.05, 4.69) is 0 Å². The molecule has 22 heavy (non-hydrogen) atoms. The van der Waals surface area contributed by atoms with Crippen LogP contribution in [0.15, 0.2) is 45.6 Å². The van der Waals surface area contributed by atoms with Gasteiger partial charge in [-0.15, -0.1) is 0 Å². The number of phenols is 2. The lowest BCUT2D eigenvalue weighted by atomic mass is 10.1. The average Bonchev–Trinajstić information content (AvgIpc) is 2.52. The van der Waals surface area contributed by atoms with E-state index in [-0.39, 0.29) is 31.5 Å². The van der Waals surface area contributed by atoms with E-state index >= 15 is 0 Å². The summed E-state index contributed by atoms with van der Waals surface area (Å²) in [4.78, 5) is 12.3. The van der Waals surface area contributed by atoms with Crippen molar-refractivity contribution in [2.75, 3.05) is 7.11 Å². The molecule has 0 aliphatic carbocycles. The molecular formula is C16H11IO5. The average molecular weight is 410 g/mol. The van der Waals surface area contributed by atoms with E-state index in [0.29, 0.717) is 17.1 Å². The van der Waals surface area contributed by atoms with Crippen LogP contribution in [-0.2, 0) is 0 Å². The van der Waals surface area contributed by atoms with Crippen molar-refractivity contribution in [1.29, 1.82) is 0 Å². The maximum absolute atomic E-state index is 12.3. The van der Waals surface area contributed by atoms with Gasteiger partial charge in [0.15, 0.2) is 5.43 Å². The van der Waals surface area contributed by atoms with Crippen molar-refractivity contribution in [2.24, 2.45) is 0 Å². The zero-order chi connectivity index (χ0) is 15.9. The Labute approximate surface area is 138 Å². The summed E-state index contributed by atoms with van der Waals surface area (Å²) >= 11 is 1.77. The molecule has 3 rings (SSSR count). The SMILES string of the molecule is COc1ccc(-c2cc(=O)c3c(O)c(I)c(O)cc3o2)cc1. The quantitative estimate of drug-likeness (QED) is 0.633. The van der Waals surface area contributed by atoms with Crippen LogP contribution in [0, 0.1) is 3.57 Å². The molecule has 1 aromatic heterocycles. The van der Waals surface area contributed by atoms with Crippen LogP contribution in [-0.4, -0.2) is 17.3 Å². The number of phenolic OH excluding ortho intramolecular Hbond substituents is 2. The van der Waals surface area contributed by atoms with E-state index < -0.39 is 0 Å². The fraction of sp³-hybridized carbons (Fsp3) is 0.0625. The largest absolute Gasteiger partial charge is 0.507 e. The normalized spacial score (nSPS) is 10.8. The summed E-state index contributed by atoms with van der Waals surface area (Å²) < 4.78 is 11.0. The minimum atomic E-state index is -0.373. The first-order chi connectivity index (χ1) is 10.5. The minimum Gasteiger partial charge on any atom is -0.507 e. The van der Waals surface area contributed by atoms with Gasteiger partial charge in [0.25, 0.3) is 0 Å². The Balaban J connectivity index is 2.24. The third-order valence-corrected chi connectivity index (χ3v) is 4.35. The van der Waals surface area contributed by atoms with Crippen LogP contribution in [0.4, 0.5) is 0 Å². The maximum atomic E-state index is 12.3. The first kappa shape index (κ1) is 14.7. The van der Waals surface area contributed by atoms with E-state index in [1.54, 1.807) is 54.0 Å². The summed E-state index contributed by atoms with van der Waals surface area (Å²) in [5.74, 6) is 0.628. The van der Waals surface area contributed by atoms with Gasteiger partial charge in [-0.25, -0.2) is 0 Å². The molecule has 0 amide bonds. The molecule has 112 valence electrons. The number of ether oxygens (including phenoxy) is 1. The number of rotatable bonds is 2. The number of hydrogen-bond donors (Lipinski definition) is 2. The molecule has 0 saturated heterocycles. The van der Waals surface area contributed by atoms with E-state index in [9.17, 15) is 15.0 Å². The van der Waals surface area contributed by atoms with E-state index in [1.807, 2.05) is 0 Å². The molecule has 2 aromatic carbocycles.